The normalized spacial score (nSPS) is 12.3. The minimum Gasteiger partial charge on any atom is -0.313 e. The predicted molar refractivity (Wildman–Crippen MR) is 64.9 cm³/mol. The first-order valence-corrected chi connectivity index (χ1v) is 6.00. The van der Waals surface area contributed by atoms with Crippen molar-refractivity contribution in [1.82, 2.24) is 0 Å². The second-order valence-corrected chi connectivity index (χ2v) is 5.11. The van der Waals surface area contributed by atoms with Crippen LogP contribution in [0.25, 0.3) is 0 Å². The van der Waals surface area contributed by atoms with Crippen molar-refractivity contribution in [2.45, 2.75) is 16.1 Å². The van der Waals surface area contributed by atoms with Gasteiger partial charge in [0.05, 0.1) is 5.56 Å². The Morgan fingerprint density at radius 3 is 1.94 bits per heavy atom. The maximum absolute atomic E-state index is 12.5. The van der Waals surface area contributed by atoms with Gasteiger partial charge in [0, 0.05) is 5.69 Å². The first-order chi connectivity index (χ1) is 7.73. The summed E-state index contributed by atoms with van der Waals surface area (Å²) in [6, 6.07) is 4.40. The molecule has 1 rings (SSSR count). The minimum atomic E-state index is -4.45. The van der Waals surface area contributed by atoms with E-state index >= 15 is 0 Å². The molecule has 17 heavy (non-hydrogen) atoms. The van der Waals surface area contributed by atoms with Crippen LogP contribution in [0.4, 0.5) is 18.9 Å². The van der Waals surface area contributed by atoms with Crippen LogP contribution in [0.3, 0.4) is 0 Å². The number of alkyl halides is 7. The van der Waals surface area contributed by atoms with Gasteiger partial charge in [-0.3, -0.25) is 0 Å². The molecule has 0 spiro atoms. The van der Waals surface area contributed by atoms with Gasteiger partial charge in [0.25, 0.3) is 0 Å². The van der Waals surface area contributed by atoms with Crippen molar-refractivity contribution >= 4 is 52.1 Å². The van der Waals surface area contributed by atoms with Gasteiger partial charge < -0.3 is 4.90 Å². The van der Waals surface area contributed by atoms with Crippen LogP contribution in [0, 0.1) is 0 Å². The van der Waals surface area contributed by atoms with Gasteiger partial charge in [-0.15, -0.1) is 0 Å². The fraction of sp³-hybridized carbons (Fsp3) is 0.333. The smallest absolute Gasteiger partial charge is 0.313 e. The van der Waals surface area contributed by atoms with E-state index in [0.717, 1.165) is 17.0 Å². The first kappa shape index (κ1) is 15.0. The van der Waals surface area contributed by atoms with Crippen LogP contribution >= 0.6 is 46.4 Å². The lowest BCUT2D eigenvalue weighted by atomic mass is 10.2. The van der Waals surface area contributed by atoms with Crippen LogP contribution in [0.5, 0.6) is 0 Å². The Hall–Kier alpha value is -0.0300. The van der Waals surface area contributed by atoms with Crippen molar-refractivity contribution in [2.24, 2.45) is 0 Å². The SMILES string of the molecule is FC(F)(F)c1cccc(N(C(Cl)Cl)C(Cl)Cl)c1. The molecule has 0 saturated carbocycles. The molecule has 0 aliphatic carbocycles. The van der Waals surface area contributed by atoms with Crippen molar-refractivity contribution in [1.29, 1.82) is 0 Å². The van der Waals surface area contributed by atoms with Crippen molar-refractivity contribution in [3.8, 4) is 0 Å². The number of nitrogens with zero attached hydrogens (tertiary/aromatic N) is 1. The summed E-state index contributed by atoms with van der Waals surface area (Å²) in [5, 5.41) is 0. The molecule has 0 bridgehead atoms. The molecule has 8 heteroatoms. The maximum Gasteiger partial charge on any atom is 0.416 e. The van der Waals surface area contributed by atoms with Gasteiger partial charge in [0.1, 0.15) is 0 Å². The Morgan fingerprint density at radius 1 is 1.00 bits per heavy atom. The van der Waals surface area contributed by atoms with Crippen LogP contribution in [0.2, 0.25) is 0 Å². The number of anilines is 1. The van der Waals surface area contributed by atoms with E-state index in [0.29, 0.717) is 0 Å². The highest BCUT2D eigenvalue weighted by molar-refractivity contribution is 6.50. The molecule has 0 fully saturated rings. The van der Waals surface area contributed by atoms with E-state index in [1.807, 2.05) is 0 Å². The molecule has 96 valence electrons. The number of hydrogen-bond donors (Lipinski definition) is 0. The molecule has 1 nitrogen and oxygen atoms in total. The topological polar surface area (TPSA) is 3.24 Å². The molecule has 1 aromatic carbocycles. The van der Waals surface area contributed by atoms with E-state index in [1.165, 1.54) is 12.1 Å². The predicted octanol–water partition coefficient (Wildman–Crippen LogP) is 5.03. The average Bonchev–Trinajstić information content (AvgIpc) is 2.15. The van der Waals surface area contributed by atoms with Crippen molar-refractivity contribution in [3.05, 3.63) is 29.8 Å². The number of rotatable bonds is 3. The van der Waals surface area contributed by atoms with Crippen molar-refractivity contribution < 1.29 is 13.2 Å². The van der Waals surface area contributed by atoms with Gasteiger partial charge in [-0.1, -0.05) is 52.5 Å². The fourth-order valence-electron chi connectivity index (χ4n) is 1.15. The lowest BCUT2D eigenvalue weighted by Gasteiger charge is -2.27. The summed E-state index contributed by atoms with van der Waals surface area (Å²) < 4.78 is 37.4. The van der Waals surface area contributed by atoms with Crippen LogP contribution < -0.4 is 4.90 Å². The summed E-state index contributed by atoms with van der Waals surface area (Å²) in [6.45, 7) is 0. The summed E-state index contributed by atoms with van der Waals surface area (Å²) in [5.41, 5.74) is -0.743. The standard InChI is InChI=1S/C9H6Cl4F3N/c10-7(11)17(8(12)13)6-3-1-2-5(4-6)9(14,15)16/h1-4,7-8H. The van der Waals surface area contributed by atoms with E-state index in [4.69, 9.17) is 46.4 Å². The molecule has 1 aromatic rings. The molecular formula is C9H6Cl4F3N. The zero-order valence-electron chi connectivity index (χ0n) is 8.06. The Morgan fingerprint density at radius 2 is 1.53 bits per heavy atom. The van der Waals surface area contributed by atoms with Gasteiger partial charge in [-0.2, -0.15) is 13.2 Å². The third-order valence-corrected chi connectivity index (χ3v) is 2.73. The van der Waals surface area contributed by atoms with Gasteiger partial charge in [0.2, 0.25) is 0 Å². The van der Waals surface area contributed by atoms with E-state index in [-0.39, 0.29) is 5.69 Å². The van der Waals surface area contributed by atoms with Gasteiger partial charge in [-0.05, 0) is 18.2 Å². The Balaban J connectivity index is 3.14. The third-order valence-electron chi connectivity index (χ3n) is 1.89. The van der Waals surface area contributed by atoms with Gasteiger partial charge in [-0.25, -0.2) is 0 Å². The summed E-state index contributed by atoms with van der Waals surface area (Å²) in [7, 11) is 0. The first-order valence-electron chi connectivity index (χ1n) is 4.25. The Bertz CT molecular complexity index is 373. The molecule has 0 N–H and O–H groups in total. The van der Waals surface area contributed by atoms with Gasteiger partial charge >= 0.3 is 6.18 Å². The molecule has 0 aromatic heterocycles. The molecule has 0 unspecified atom stereocenters. The molecular weight excluding hydrogens is 321 g/mol. The summed E-state index contributed by atoms with van der Waals surface area (Å²) in [6.07, 6.45) is -4.45. The van der Waals surface area contributed by atoms with Crippen molar-refractivity contribution in [3.63, 3.8) is 0 Å². The monoisotopic (exact) mass is 325 g/mol. The summed E-state index contributed by atoms with van der Waals surface area (Å²) >= 11 is 22.3. The van der Waals surface area contributed by atoms with E-state index < -0.39 is 21.7 Å². The van der Waals surface area contributed by atoms with Gasteiger partial charge in [0.15, 0.2) is 9.92 Å². The highest BCUT2D eigenvalue weighted by Crippen LogP contribution is 2.34. The highest BCUT2D eigenvalue weighted by Gasteiger charge is 2.31. The summed E-state index contributed by atoms with van der Waals surface area (Å²) in [5.74, 6) is 0. The second kappa shape index (κ2) is 5.74. The summed E-state index contributed by atoms with van der Waals surface area (Å²) in [4.78, 5) is -1.28. The molecule has 0 saturated heterocycles. The zero-order chi connectivity index (χ0) is 13.2. The molecule has 0 heterocycles. The molecule has 0 amide bonds. The van der Waals surface area contributed by atoms with E-state index in [9.17, 15) is 13.2 Å². The van der Waals surface area contributed by atoms with Crippen LogP contribution in [-0.4, -0.2) is 9.92 Å². The maximum atomic E-state index is 12.5. The molecule has 0 radical (unpaired) electrons. The second-order valence-electron chi connectivity index (χ2n) is 3.01. The molecule has 0 atom stereocenters. The minimum absolute atomic E-state index is 0.0878. The van der Waals surface area contributed by atoms with E-state index in [1.54, 1.807) is 0 Å². The highest BCUT2D eigenvalue weighted by atomic mass is 35.5. The Kier molecular flexibility index (Phi) is 5.07. The Labute approximate surface area is 116 Å². The lowest BCUT2D eigenvalue weighted by Crippen LogP contribution is -2.31. The quantitative estimate of drug-likeness (QED) is 0.556. The van der Waals surface area contributed by atoms with Crippen molar-refractivity contribution in [2.75, 3.05) is 4.90 Å². The molecule has 0 aliphatic rings. The zero-order valence-corrected chi connectivity index (χ0v) is 11.1. The lowest BCUT2D eigenvalue weighted by molar-refractivity contribution is -0.137. The van der Waals surface area contributed by atoms with Crippen LogP contribution in [0.1, 0.15) is 5.56 Å². The number of halogens is 7. The molecule has 0 aliphatic heterocycles. The fourth-order valence-corrected chi connectivity index (χ4v) is 2.29. The van der Waals surface area contributed by atoms with Crippen LogP contribution in [-0.2, 0) is 6.18 Å². The third kappa shape index (κ3) is 3.98. The van der Waals surface area contributed by atoms with Crippen LogP contribution in [0.15, 0.2) is 24.3 Å². The average molecular weight is 327 g/mol. The number of hydrogen-bond acceptors (Lipinski definition) is 1. The van der Waals surface area contributed by atoms with E-state index in [2.05, 4.69) is 0 Å². The largest absolute Gasteiger partial charge is 0.416 e. The number of benzene rings is 1.